The summed E-state index contributed by atoms with van der Waals surface area (Å²) in [6.07, 6.45) is 6.19. The third-order valence-corrected chi connectivity index (χ3v) is 4.64. The first kappa shape index (κ1) is 17.6. The molecule has 0 unspecified atom stereocenters. The molecule has 0 radical (unpaired) electrons. The van der Waals surface area contributed by atoms with Crippen LogP contribution in [0.3, 0.4) is 0 Å². The van der Waals surface area contributed by atoms with Crippen molar-refractivity contribution < 1.29 is 0 Å². The quantitative estimate of drug-likeness (QED) is 0.759. The molecule has 0 aliphatic carbocycles. The van der Waals surface area contributed by atoms with Crippen molar-refractivity contribution in [1.82, 2.24) is 25.1 Å². The van der Waals surface area contributed by atoms with E-state index in [9.17, 15) is 0 Å². The van der Waals surface area contributed by atoms with Gasteiger partial charge in [0.25, 0.3) is 0 Å². The summed E-state index contributed by atoms with van der Waals surface area (Å²) in [6.45, 7) is 4.25. The molecule has 3 heterocycles. The molecular formula is C18H23ClN6. The molecule has 7 heteroatoms. The summed E-state index contributed by atoms with van der Waals surface area (Å²) in [5.74, 6) is 0.711. The lowest BCUT2D eigenvalue weighted by Gasteiger charge is -2.21. The first-order valence-corrected chi connectivity index (χ1v) is 8.46. The second-order valence-electron chi connectivity index (χ2n) is 6.45. The molecule has 0 atom stereocenters. The Morgan fingerprint density at radius 2 is 1.88 bits per heavy atom. The first-order chi connectivity index (χ1) is 11.8. The molecule has 2 aromatic heterocycles. The lowest BCUT2D eigenvalue weighted by molar-refractivity contribution is 0.330. The second kappa shape index (κ2) is 7.80. The summed E-state index contributed by atoms with van der Waals surface area (Å²) in [6, 6.07) is 8.68. The molecule has 1 fully saturated rings. The minimum atomic E-state index is 0. The van der Waals surface area contributed by atoms with Crippen molar-refractivity contribution in [3.63, 3.8) is 0 Å². The number of aromatic nitrogens is 4. The standard InChI is InChI=1S/C18H22N6.ClH/c1-23(18-19-10-16-11-20-22-17(16)21-18)12-14-6-2-3-7-15(14)13-24-8-4-5-9-24;/h2-3,6-7,10-11H,4-5,8-9,12-13H2,1H3,(H,19,20,21,22);1H. The summed E-state index contributed by atoms with van der Waals surface area (Å²) < 4.78 is 0. The van der Waals surface area contributed by atoms with Gasteiger partial charge in [0.1, 0.15) is 0 Å². The van der Waals surface area contributed by atoms with E-state index in [0.29, 0.717) is 5.95 Å². The lowest BCUT2D eigenvalue weighted by atomic mass is 10.1. The summed E-state index contributed by atoms with van der Waals surface area (Å²) in [5, 5.41) is 7.84. The van der Waals surface area contributed by atoms with Crippen molar-refractivity contribution in [1.29, 1.82) is 0 Å². The molecule has 0 amide bonds. The van der Waals surface area contributed by atoms with Crippen LogP contribution in [0, 0.1) is 0 Å². The van der Waals surface area contributed by atoms with Gasteiger partial charge in [-0.3, -0.25) is 10.00 Å². The van der Waals surface area contributed by atoms with E-state index in [0.717, 1.165) is 24.1 Å². The number of halogens is 1. The topological polar surface area (TPSA) is 60.9 Å². The number of hydrogen-bond acceptors (Lipinski definition) is 5. The molecule has 0 spiro atoms. The second-order valence-corrected chi connectivity index (χ2v) is 6.45. The maximum Gasteiger partial charge on any atom is 0.227 e. The highest BCUT2D eigenvalue weighted by Gasteiger charge is 2.15. The fourth-order valence-electron chi connectivity index (χ4n) is 3.29. The number of fused-ring (bicyclic) bond motifs is 1. The van der Waals surface area contributed by atoms with Crippen LogP contribution in [0.2, 0.25) is 0 Å². The van der Waals surface area contributed by atoms with Crippen LogP contribution in [-0.4, -0.2) is 45.2 Å². The molecule has 132 valence electrons. The van der Waals surface area contributed by atoms with E-state index in [1.165, 1.54) is 37.1 Å². The Hall–Kier alpha value is -2.18. The molecule has 4 rings (SSSR count). The highest BCUT2D eigenvalue weighted by molar-refractivity contribution is 5.85. The van der Waals surface area contributed by atoms with Crippen LogP contribution in [0.25, 0.3) is 11.0 Å². The predicted octanol–water partition coefficient (Wildman–Crippen LogP) is 3.01. The maximum absolute atomic E-state index is 4.55. The van der Waals surface area contributed by atoms with Gasteiger partial charge in [-0.15, -0.1) is 12.4 Å². The van der Waals surface area contributed by atoms with Gasteiger partial charge in [-0.1, -0.05) is 24.3 Å². The largest absolute Gasteiger partial charge is 0.339 e. The van der Waals surface area contributed by atoms with Crippen LogP contribution in [0.15, 0.2) is 36.7 Å². The highest BCUT2D eigenvalue weighted by atomic mass is 35.5. The molecule has 0 bridgehead atoms. The van der Waals surface area contributed by atoms with Gasteiger partial charge in [0.15, 0.2) is 5.65 Å². The van der Waals surface area contributed by atoms with E-state index in [4.69, 9.17) is 0 Å². The molecule has 1 saturated heterocycles. The lowest BCUT2D eigenvalue weighted by Crippen LogP contribution is -2.23. The average Bonchev–Trinajstić information content (AvgIpc) is 3.27. The van der Waals surface area contributed by atoms with Gasteiger partial charge in [0.05, 0.1) is 11.6 Å². The predicted molar refractivity (Wildman–Crippen MR) is 102 cm³/mol. The van der Waals surface area contributed by atoms with Crippen LogP contribution < -0.4 is 4.90 Å². The molecule has 1 N–H and O–H groups in total. The summed E-state index contributed by atoms with van der Waals surface area (Å²) in [7, 11) is 2.03. The number of likely N-dealkylation sites (tertiary alicyclic amines) is 1. The summed E-state index contributed by atoms with van der Waals surface area (Å²) in [4.78, 5) is 13.6. The Bertz CT molecular complexity index is 827. The van der Waals surface area contributed by atoms with E-state index in [1.54, 1.807) is 6.20 Å². The Labute approximate surface area is 153 Å². The maximum atomic E-state index is 4.55. The van der Waals surface area contributed by atoms with Crippen molar-refractivity contribution in [2.75, 3.05) is 25.0 Å². The Balaban J connectivity index is 0.00000182. The number of anilines is 1. The number of rotatable bonds is 5. The number of hydrogen-bond donors (Lipinski definition) is 1. The van der Waals surface area contributed by atoms with E-state index in [-0.39, 0.29) is 12.4 Å². The molecule has 0 saturated carbocycles. The average molecular weight is 359 g/mol. The first-order valence-electron chi connectivity index (χ1n) is 8.46. The van der Waals surface area contributed by atoms with Gasteiger partial charge in [0, 0.05) is 26.3 Å². The number of nitrogens with one attached hydrogen (secondary N) is 1. The highest BCUT2D eigenvalue weighted by Crippen LogP contribution is 2.19. The SMILES string of the molecule is CN(Cc1ccccc1CN1CCCC1)c1ncc2cn[nH]c2n1.Cl. The number of H-pyrrole nitrogens is 1. The fourth-order valence-corrected chi connectivity index (χ4v) is 3.29. The third kappa shape index (κ3) is 3.91. The van der Waals surface area contributed by atoms with Gasteiger partial charge < -0.3 is 4.90 Å². The molecule has 6 nitrogen and oxygen atoms in total. The number of aromatic amines is 1. The Morgan fingerprint density at radius 1 is 1.12 bits per heavy atom. The summed E-state index contributed by atoms with van der Waals surface area (Å²) in [5.41, 5.74) is 3.51. The van der Waals surface area contributed by atoms with Gasteiger partial charge in [-0.2, -0.15) is 10.1 Å². The van der Waals surface area contributed by atoms with Crippen molar-refractivity contribution in [2.24, 2.45) is 0 Å². The van der Waals surface area contributed by atoms with Gasteiger partial charge in [-0.25, -0.2) is 4.98 Å². The molecule has 1 aliphatic heterocycles. The normalized spacial score (nSPS) is 14.6. The van der Waals surface area contributed by atoms with E-state index < -0.39 is 0 Å². The van der Waals surface area contributed by atoms with Gasteiger partial charge in [0.2, 0.25) is 5.95 Å². The van der Waals surface area contributed by atoms with Crippen LogP contribution in [0.1, 0.15) is 24.0 Å². The Morgan fingerprint density at radius 3 is 2.68 bits per heavy atom. The van der Waals surface area contributed by atoms with Crippen molar-refractivity contribution in [2.45, 2.75) is 25.9 Å². The van der Waals surface area contributed by atoms with Gasteiger partial charge in [-0.05, 0) is 37.1 Å². The van der Waals surface area contributed by atoms with Crippen LogP contribution in [-0.2, 0) is 13.1 Å². The molecule has 1 aromatic carbocycles. The summed E-state index contributed by atoms with van der Waals surface area (Å²) >= 11 is 0. The number of nitrogens with zero attached hydrogens (tertiary/aromatic N) is 5. The fraction of sp³-hybridized carbons (Fsp3) is 0.389. The smallest absolute Gasteiger partial charge is 0.227 e. The zero-order valence-electron chi connectivity index (χ0n) is 14.4. The molecule has 25 heavy (non-hydrogen) atoms. The van der Waals surface area contributed by atoms with Crippen LogP contribution in [0.4, 0.5) is 5.95 Å². The number of benzene rings is 1. The molecular weight excluding hydrogens is 336 g/mol. The monoisotopic (exact) mass is 358 g/mol. The molecule has 3 aromatic rings. The van der Waals surface area contributed by atoms with E-state index in [2.05, 4.69) is 54.2 Å². The van der Waals surface area contributed by atoms with E-state index in [1.807, 2.05) is 13.2 Å². The van der Waals surface area contributed by atoms with Crippen molar-refractivity contribution in [3.8, 4) is 0 Å². The molecule has 1 aliphatic rings. The van der Waals surface area contributed by atoms with Crippen LogP contribution in [0.5, 0.6) is 0 Å². The Kier molecular flexibility index (Phi) is 5.50. The minimum absolute atomic E-state index is 0. The van der Waals surface area contributed by atoms with Crippen LogP contribution >= 0.6 is 12.4 Å². The minimum Gasteiger partial charge on any atom is -0.339 e. The van der Waals surface area contributed by atoms with Crippen molar-refractivity contribution in [3.05, 3.63) is 47.8 Å². The zero-order valence-corrected chi connectivity index (χ0v) is 15.2. The van der Waals surface area contributed by atoms with Crippen molar-refractivity contribution >= 4 is 29.4 Å². The third-order valence-electron chi connectivity index (χ3n) is 4.64. The van der Waals surface area contributed by atoms with E-state index >= 15 is 0 Å². The zero-order chi connectivity index (χ0) is 16.4. The van der Waals surface area contributed by atoms with Gasteiger partial charge >= 0.3 is 0 Å².